The van der Waals surface area contributed by atoms with E-state index in [9.17, 15) is 5.11 Å². The van der Waals surface area contributed by atoms with Crippen molar-refractivity contribution in [2.24, 2.45) is 5.92 Å². The van der Waals surface area contributed by atoms with Crippen molar-refractivity contribution < 1.29 is 5.11 Å². The molecule has 100 valence electrons. The molecule has 1 aromatic carbocycles. The van der Waals surface area contributed by atoms with Gasteiger partial charge in [-0.2, -0.15) is 0 Å². The smallest absolute Gasteiger partial charge is 0.0546 e. The third-order valence-corrected chi connectivity index (χ3v) is 4.09. The fourth-order valence-corrected chi connectivity index (χ4v) is 3.19. The van der Waals surface area contributed by atoms with Crippen LogP contribution in [0.25, 0.3) is 0 Å². The Balaban J connectivity index is 1.98. The molecule has 1 aromatic rings. The van der Waals surface area contributed by atoms with E-state index in [1.54, 1.807) is 0 Å². The van der Waals surface area contributed by atoms with Gasteiger partial charge in [0.15, 0.2) is 0 Å². The van der Waals surface area contributed by atoms with E-state index >= 15 is 0 Å². The quantitative estimate of drug-likeness (QED) is 0.857. The van der Waals surface area contributed by atoms with Crippen molar-refractivity contribution in [2.45, 2.75) is 52.7 Å². The standard InChI is InChI=1S/C16H25NO/c1-10-5-11(2)16(12(3)6-10)13(4)17-9-14-7-15(18)8-14/h5-6,13-15,17-18H,7-9H2,1-4H3. The molecule has 1 fully saturated rings. The summed E-state index contributed by atoms with van der Waals surface area (Å²) < 4.78 is 0. The molecule has 0 bridgehead atoms. The second-order valence-electron chi connectivity index (χ2n) is 5.93. The van der Waals surface area contributed by atoms with Gasteiger partial charge in [-0.05, 0) is 69.7 Å². The lowest BCUT2D eigenvalue weighted by Gasteiger charge is -2.33. The summed E-state index contributed by atoms with van der Waals surface area (Å²) in [6, 6.07) is 4.91. The Bertz CT molecular complexity index is 398. The minimum Gasteiger partial charge on any atom is -0.393 e. The van der Waals surface area contributed by atoms with Gasteiger partial charge in [-0.25, -0.2) is 0 Å². The lowest BCUT2D eigenvalue weighted by molar-refractivity contribution is 0.0420. The zero-order valence-corrected chi connectivity index (χ0v) is 12.0. The predicted molar refractivity (Wildman–Crippen MR) is 75.8 cm³/mol. The first-order chi connectivity index (χ1) is 8.47. The van der Waals surface area contributed by atoms with Crippen molar-refractivity contribution in [1.29, 1.82) is 0 Å². The van der Waals surface area contributed by atoms with Crippen molar-refractivity contribution in [3.63, 3.8) is 0 Å². The van der Waals surface area contributed by atoms with Gasteiger partial charge >= 0.3 is 0 Å². The first-order valence-corrected chi connectivity index (χ1v) is 6.96. The normalized spacial score (nSPS) is 24.7. The Kier molecular flexibility index (Phi) is 4.08. The van der Waals surface area contributed by atoms with Gasteiger partial charge < -0.3 is 10.4 Å². The summed E-state index contributed by atoms with van der Waals surface area (Å²) in [7, 11) is 0. The molecule has 0 heterocycles. The summed E-state index contributed by atoms with van der Waals surface area (Å²) in [5, 5.41) is 12.9. The van der Waals surface area contributed by atoms with Gasteiger partial charge in [-0.15, -0.1) is 0 Å². The molecule has 0 saturated heterocycles. The highest BCUT2D eigenvalue weighted by Gasteiger charge is 2.27. The van der Waals surface area contributed by atoms with E-state index in [2.05, 4.69) is 45.1 Å². The monoisotopic (exact) mass is 247 g/mol. The second-order valence-corrected chi connectivity index (χ2v) is 5.93. The van der Waals surface area contributed by atoms with Crippen molar-refractivity contribution in [1.82, 2.24) is 5.32 Å². The average molecular weight is 247 g/mol. The molecule has 2 nitrogen and oxygen atoms in total. The summed E-state index contributed by atoms with van der Waals surface area (Å²) in [4.78, 5) is 0. The molecule has 1 aliphatic rings. The molecule has 0 spiro atoms. The van der Waals surface area contributed by atoms with Crippen LogP contribution in [0.1, 0.15) is 48.1 Å². The summed E-state index contributed by atoms with van der Waals surface area (Å²) in [5.74, 6) is 0.661. The van der Waals surface area contributed by atoms with E-state index in [1.165, 1.54) is 22.3 Å². The van der Waals surface area contributed by atoms with Gasteiger partial charge in [-0.1, -0.05) is 17.7 Å². The van der Waals surface area contributed by atoms with Gasteiger partial charge in [0.1, 0.15) is 0 Å². The maximum atomic E-state index is 9.29. The van der Waals surface area contributed by atoms with E-state index in [4.69, 9.17) is 0 Å². The van der Waals surface area contributed by atoms with Crippen LogP contribution in [0, 0.1) is 26.7 Å². The number of rotatable bonds is 4. The van der Waals surface area contributed by atoms with Crippen LogP contribution in [0.4, 0.5) is 0 Å². The molecule has 0 aromatic heterocycles. The third-order valence-electron chi connectivity index (χ3n) is 4.09. The summed E-state index contributed by atoms with van der Waals surface area (Å²) in [6.07, 6.45) is 1.88. The highest BCUT2D eigenvalue weighted by Crippen LogP contribution is 2.28. The predicted octanol–water partition coefficient (Wildman–Crippen LogP) is 3.03. The SMILES string of the molecule is Cc1cc(C)c(C(C)NCC2CC(O)C2)c(C)c1. The van der Waals surface area contributed by atoms with Crippen LogP contribution in [0.3, 0.4) is 0 Å². The van der Waals surface area contributed by atoms with E-state index in [-0.39, 0.29) is 6.10 Å². The Morgan fingerprint density at radius 3 is 2.28 bits per heavy atom. The maximum absolute atomic E-state index is 9.29. The minimum atomic E-state index is -0.0463. The van der Waals surface area contributed by atoms with Crippen molar-refractivity contribution in [3.8, 4) is 0 Å². The van der Waals surface area contributed by atoms with E-state index in [1.807, 2.05) is 0 Å². The number of benzene rings is 1. The van der Waals surface area contributed by atoms with Gasteiger partial charge in [0.05, 0.1) is 6.10 Å². The molecule has 0 amide bonds. The van der Waals surface area contributed by atoms with E-state index in [0.29, 0.717) is 12.0 Å². The molecule has 1 atom stereocenters. The fraction of sp³-hybridized carbons (Fsp3) is 0.625. The molecule has 18 heavy (non-hydrogen) atoms. The van der Waals surface area contributed by atoms with Gasteiger partial charge in [-0.3, -0.25) is 0 Å². The first kappa shape index (κ1) is 13.6. The number of nitrogens with one attached hydrogen (secondary N) is 1. The van der Waals surface area contributed by atoms with Gasteiger partial charge in [0.2, 0.25) is 0 Å². The second kappa shape index (κ2) is 5.41. The highest BCUT2D eigenvalue weighted by molar-refractivity contribution is 5.39. The average Bonchev–Trinajstić information content (AvgIpc) is 2.21. The third kappa shape index (κ3) is 2.93. The van der Waals surface area contributed by atoms with Crippen LogP contribution in [0.2, 0.25) is 0 Å². The summed E-state index contributed by atoms with van der Waals surface area (Å²) >= 11 is 0. The van der Waals surface area contributed by atoms with Crippen molar-refractivity contribution >= 4 is 0 Å². The highest BCUT2D eigenvalue weighted by atomic mass is 16.3. The van der Waals surface area contributed by atoms with Crippen LogP contribution in [-0.4, -0.2) is 17.8 Å². The number of aliphatic hydroxyl groups is 1. The van der Waals surface area contributed by atoms with Crippen molar-refractivity contribution in [2.75, 3.05) is 6.54 Å². The maximum Gasteiger partial charge on any atom is 0.0546 e. The van der Waals surface area contributed by atoms with Crippen LogP contribution in [-0.2, 0) is 0 Å². The molecule has 2 rings (SSSR count). The van der Waals surface area contributed by atoms with E-state index in [0.717, 1.165) is 19.4 Å². The Hall–Kier alpha value is -0.860. The first-order valence-electron chi connectivity index (χ1n) is 6.96. The number of hydrogen-bond acceptors (Lipinski definition) is 2. The van der Waals surface area contributed by atoms with Crippen LogP contribution < -0.4 is 5.32 Å². The van der Waals surface area contributed by atoms with Gasteiger partial charge in [0.25, 0.3) is 0 Å². The zero-order chi connectivity index (χ0) is 13.3. The number of hydrogen-bond donors (Lipinski definition) is 2. The molecule has 2 N–H and O–H groups in total. The molecule has 1 unspecified atom stereocenters. The molecule has 0 radical (unpaired) electrons. The Labute approximate surface area is 110 Å². The van der Waals surface area contributed by atoms with Gasteiger partial charge in [0, 0.05) is 6.04 Å². The molecular weight excluding hydrogens is 222 g/mol. The number of aryl methyl sites for hydroxylation is 3. The number of aliphatic hydroxyl groups excluding tert-OH is 1. The molecular formula is C16H25NO. The Morgan fingerprint density at radius 1 is 1.22 bits per heavy atom. The molecule has 0 aliphatic heterocycles. The zero-order valence-electron chi connectivity index (χ0n) is 12.0. The topological polar surface area (TPSA) is 32.3 Å². The molecule has 1 saturated carbocycles. The van der Waals surface area contributed by atoms with Crippen molar-refractivity contribution in [3.05, 3.63) is 34.4 Å². The largest absolute Gasteiger partial charge is 0.393 e. The lowest BCUT2D eigenvalue weighted by Crippen LogP contribution is -2.37. The molecule has 1 aliphatic carbocycles. The lowest BCUT2D eigenvalue weighted by atomic mass is 9.82. The molecule has 2 heteroatoms. The fourth-order valence-electron chi connectivity index (χ4n) is 3.19. The summed E-state index contributed by atoms with van der Waals surface area (Å²) in [6.45, 7) is 9.80. The van der Waals surface area contributed by atoms with Crippen LogP contribution in [0.5, 0.6) is 0 Å². The van der Waals surface area contributed by atoms with Crippen LogP contribution >= 0.6 is 0 Å². The van der Waals surface area contributed by atoms with E-state index < -0.39 is 0 Å². The Morgan fingerprint density at radius 2 is 1.78 bits per heavy atom. The van der Waals surface area contributed by atoms with Crippen LogP contribution in [0.15, 0.2) is 12.1 Å². The minimum absolute atomic E-state index is 0.0463. The summed E-state index contributed by atoms with van der Waals surface area (Å²) in [5.41, 5.74) is 5.52.